The Kier molecular flexibility index (Phi) is 5.91. The van der Waals surface area contributed by atoms with Crippen molar-refractivity contribution in [1.82, 2.24) is 29.8 Å². The molecule has 188 valence electrons. The number of aromatic nitrogens is 6. The van der Waals surface area contributed by atoms with E-state index in [1.54, 1.807) is 38.4 Å². The Balaban J connectivity index is 1.52. The minimum absolute atomic E-state index is 0.0757. The normalized spacial score (nSPS) is 14.4. The number of carbonyl (C=O) groups excluding carboxylic acids is 1. The average Bonchev–Trinajstić information content (AvgIpc) is 3.47. The lowest BCUT2D eigenvalue weighted by atomic mass is 10.00. The van der Waals surface area contributed by atoms with Crippen molar-refractivity contribution < 1.29 is 18.3 Å². The number of rotatable bonds is 4. The van der Waals surface area contributed by atoms with Crippen LogP contribution in [-0.2, 0) is 10.3 Å². The van der Waals surface area contributed by atoms with E-state index in [9.17, 15) is 13.6 Å². The number of carbonyl (C=O) groups is 1. The number of fused-ring (bicyclic) bond motifs is 1. The molecule has 0 atom stereocenters. The molecule has 10 nitrogen and oxygen atoms in total. The second-order valence-corrected chi connectivity index (χ2v) is 9.69. The van der Waals surface area contributed by atoms with E-state index in [4.69, 9.17) is 4.74 Å². The van der Waals surface area contributed by atoms with Crippen LogP contribution in [0, 0.1) is 18.7 Å². The Morgan fingerprint density at radius 3 is 2.58 bits per heavy atom. The fraction of sp³-hybridized carbons (Fsp3) is 0.375. The summed E-state index contributed by atoms with van der Waals surface area (Å²) in [5.74, 6) is -2.21. The number of amides is 1. The first-order valence-corrected chi connectivity index (χ1v) is 11.5. The van der Waals surface area contributed by atoms with Gasteiger partial charge in [-0.3, -0.25) is 4.79 Å². The van der Waals surface area contributed by atoms with E-state index in [0.29, 0.717) is 43.1 Å². The van der Waals surface area contributed by atoms with Crippen molar-refractivity contribution in [2.75, 3.05) is 36.5 Å². The van der Waals surface area contributed by atoms with Crippen LogP contribution in [0.15, 0.2) is 30.6 Å². The number of tetrazole rings is 1. The number of aryl methyl sites for hydroxylation is 1. The maximum atomic E-state index is 14.9. The van der Waals surface area contributed by atoms with Crippen LogP contribution in [-0.4, -0.2) is 62.0 Å². The predicted molar refractivity (Wildman–Crippen MR) is 129 cm³/mol. The molecule has 3 aromatic heterocycles. The molecule has 0 saturated carbocycles. The van der Waals surface area contributed by atoms with Gasteiger partial charge in [-0.1, -0.05) is 0 Å². The predicted octanol–water partition coefficient (Wildman–Crippen LogP) is 3.42. The molecule has 1 N–H and O–H groups in total. The Hall–Kier alpha value is -3.93. The summed E-state index contributed by atoms with van der Waals surface area (Å²) in [6, 6.07) is 4.80. The number of benzene rings is 1. The van der Waals surface area contributed by atoms with Gasteiger partial charge in [-0.15, -0.1) is 5.10 Å². The number of hydrogen-bond acceptors (Lipinski definition) is 7. The van der Waals surface area contributed by atoms with Crippen LogP contribution < -0.4 is 10.2 Å². The summed E-state index contributed by atoms with van der Waals surface area (Å²) < 4.78 is 37.9. The lowest BCUT2D eigenvalue weighted by Crippen LogP contribution is -2.36. The van der Waals surface area contributed by atoms with E-state index < -0.39 is 23.2 Å². The molecule has 1 aliphatic rings. The van der Waals surface area contributed by atoms with Gasteiger partial charge in [0.15, 0.2) is 0 Å². The van der Waals surface area contributed by atoms with Crippen LogP contribution in [0.2, 0.25) is 0 Å². The summed E-state index contributed by atoms with van der Waals surface area (Å²) in [6.45, 7) is 9.62. The number of nitrogens with zero attached hydrogens (tertiary/aromatic N) is 7. The average molecular weight is 497 g/mol. The molecule has 4 aromatic rings. The first-order valence-electron chi connectivity index (χ1n) is 11.5. The van der Waals surface area contributed by atoms with Crippen molar-refractivity contribution in [3.05, 3.63) is 53.5 Å². The van der Waals surface area contributed by atoms with Crippen molar-refractivity contribution in [1.29, 1.82) is 0 Å². The molecule has 5 rings (SSSR count). The van der Waals surface area contributed by atoms with Gasteiger partial charge in [0.1, 0.15) is 11.4 Å². The van der Waals surface area contributed by atoms with Crippen LogP contribution in [0.25, 0.3) is 16.8 Å². The highest BCUT2D eigenvalue weighted by Gasteiger charge is 2.25. The highest BCUT2D eigenvalue weighted by Crippen LogP contribution is 2.33. The Labute approximate surface area is 205 Å². The summed E-state index contributed by atoms with van der Waals surface area (Å²) in [6.07, 6.45) is 2.89. The molecule has 0 aliphatic carbocycles. The van der Waals surface area contributed by atoms with E-state index in [2.05, 4.69) is 30.8 Å². The summed E-state index contributed by atoms with van der Waals surface area (Å²) in [4.78, 5) is 15.0. The number of ether oxygens (including phenoxy) is 1. The zero-order valence-electron chi connectivity index (χ0n) is 20.4. The van der Waals surface area contributed by atoms with Crippen molar-refractivity contribution in [2.45, 2.75) is 33.2 Å². The van der Waals surface area contributed by atoms with E-state index in [0.717, 1.165) is 22.1 Å². The molecular weight excluding hydrogens is 470 g/mol. The number of morpholine rings is 1. The highest BCUT2D eigenvalue weighted by molar-refractivity contribution is 6.04. The molecule has 12 heteroatoms. The zero-order valence-corrected chi connectivity index (χ0v) is 20.4. The van der Waals surface area contributed by atoms with Gasteiger partial charge in [-0.25, -0.2) is 9.07 Å². The number of anilines is 2. The fourth-order valence-corrected chi connectivity index (χ4v) is 4.24. The molecule has 1 aliphatic heterocycles. The zero-order chi connectivity index (χ0) is 25.6. The maximum absolute atomic E-state index is 14.9. The third-order valence-corrected chi connectivity index (χ3v) is 6.09. The smallest absolute Gasteiger partial charge is 0.262 e. The minimum atomic E-state index is -0.790. The van der Waals surface area contributed by atoms with Gasteiger partial charge in [0.25, 0.3) is 5.91 Å². The summed E-state index contributed by atoms with van der Waals surface area (Å²) >= 11 is 0. The summed E-state index contributed by atoms with van der Waals surface area (Å²) in [5, 5.41) is 18.5. The highest BCUT2D eigenvalue weighted by atomic mass is 19.1. The van der Waals surface area contributed by atoms with Crippen LogP contribution in [0.5, 0.6) is 0 Å². The lowest BCUT2D eigenvalue weighted by molar-refractivity contribution is 0.102. The first kappa shape index (κ1) is 23.8. The Morgan fingerprint density at radius 2 is 1.89 bits per heavy atom. The van der Waals surface area contributed by atoms with E-state index in [1.165, 1.54) is 12.1 Å². The molecule has 4 heterocycles. The van der Waals surface area contributed by atoms with Gasteiger partial charge < -0.3 is 15.0 Å². The largest absolute Gasteiger partial charge is 0.378 e. The van der Waals surface area contributed by atoms with Crippen molar-refractivity contribution >= 4 is 22.9 Å². The van der Waals surface area contributed by atoms with Crippen molar-refractivity contribution in [3.63, 3.8) is 0 Å². The third kappa shape index (κ3) is 4.28. The SMILES string of the molecule is Cc1cc(F)c(NC(=O)c2cnn(C(C)(C)C)c2F)cc1-c1cc(N2CCOCC2)c2nnnn2c1. The van der Waals surface area contributed by atoms with Crippen LogP contribution in [0.3, 0.4) is 0 Å². The standard InChI is InChI=1S/C24H26F2N8O2/c1-14-9-18(25)19(28-23(35)17-12-27-34(21(17)26)24(2,3)4)11-16(14)15-10-20(32-5-7-36-8-6-32)22-29-30-31-33(22)13-15/h9-13H,5-8H2,1-4H3,(H,28,35). The summed E-state index contributed by atoms with van der Waals surface area (Å²) in [5.41, 5.74) is 2.48. The second-order valence-electron chi connectivity index (χ2n) is 9.69. The molecular formula is C24H26F2N8O2. The van der Waals surface area contributed by atoms with Crippen molar-refractivity contribution in [2.24, 2.45) is 0 Å². The molecule has 0 radical (unpaired) electrons. The third-order valence-electron chi connectivity index (χ3n) is 6.09. The molecule has 1 saturated heterocycles. The topological polar surface area (TPSA) is 102 Å². The van der Waals surface area contributed by atoms with Gasteiger partial charge in [-0.2, -0.15) is 14.0 Å². The number of hydrogen-bond donors (Lipinski definition) is 1. The molecule has 1 amide bonds. The van der Waals surface area contributed by atoms with Gasteiger partial charge in [-0.05, 0) is 67.4 Å². The number of halogens is 2. The molecule has 36 heavy (non-hydrogen) atoms. The van der Waals surface area contributed by atoms with E-state index in [1.807, 2.05) is 6.07 Å². The number of pyridine rings is 1. The van der Waals surface area contributed by atoms with Gasteiger partial charge in [0, 0.05) is 24.8 Å². The number of nitrogens with one attached hydrogen (secondary N) is 1. The maximum Gasteiger partial charge on any atom is 0.262 e. The first-order chi connectivity index (χ1) is 17.1. The monoisotopic (exact) mass is 496 g/mol. The Bertz CT molecular complexity index is 1450. The molecule has 0 bridgehead atoms. The molecule has 1 aromatic carbocycles. The van der Waals surface area contributed by atoms with E-state index in [-0.39, 0.29) is 11.3 Å². The molecule has 1 fully saturated rings. The van der Waals surface area contributed by atoms with Crippen molar-refractivity contribution in [3.8, 4) is 11.1 Å². The lowest BCUT2D eigenvalue weighted by Gasteiger charge is -2.29. The molecule has 0 spiro atoms. The van der Waals surface area contributed by atoms with Crippen LogP contribution in [0.4, 0.5) is 20.2 Å². The van der Waals surface area contributed by atoms with Gasteiger partial charge in [0.05, 0.1) is 36.3 Å². The second kappa shape index (κ2) is 8.94. The van der Waals surface area contributed by atoms with Gasteiger partial charge >= 0.3 is 0 Å². The van der Waals surface area contributed by atoms with Crippen LogP contribution in [0.1, 0.15) is 36.7 Å². The summed E-state index contributed by atoms with van der Waals surface area (Å²) in [7, 11) is 0. The minimum Gasteiger partial charge on any atom is -0.378 e. The van der Waals surface area contributed by atoms with Gasteiger partial charge in [0.2, 0.25) is 11.6 Å². The van der Waals surface area contributed by atoms with Crippen LogP contribution >= 0.6 is 0 Å². The quantitative estimate of drug-likeness (QED) is 0.462. The van der Waals surface area contributed by atoms with E-state index >= 15 is 0 Å². The Morgan fingerprint density at radius 1 is 1.14 bits per heavy atom. The molecule has 0 unspecified atom stereocenters. The fourth-order valence-electron chi connectivity index (χ4n) is 4.24.